The second-order valence-corrected chi connectivity index (χ2v) is 7.42. The summed E-state index contributed by atoms with van der Waals surface area (Å²) in [7, 11) is -3.46. The molecule has 2 rings (SSSR count). The molecule has 1 aromatic carbocycles. The molecule has 0 saturated carbocycles. The standard InChI is InChI=1S/C15H24N2O3S/c1-4-20-14-5-7-17(8-6-14)21(18,19)15-11(2)9-13(16)10-12(15)3/h9-10,14H,4-8,16H2,1-3H3. The van der Waals surface area contributed by atoms with Gasteiger partial charge in [0, 0.05) is 25.4 Å². The van der Waals surface area contributed by atoms with E-state index in [2.05, 4.69) is 0 Å². The minimum absolute atomic E-state index is 0.176. The molecule has 1 aliphatic heterocycles. The number of nitrogen functional groups attached to an aromatic ring is 1. The SMILES string of the molecule is CCOC1CCN(S(=O)(=O)c2c(C)cc(N)cc2C)CC1. The lowest BCUT2D eigenvalue weighted by molar-refractivity contribution is 0.0290. The van der Waals surface area contributed by atoms with Gasteiger partial charge in [-0.25, -0.2) is 8.42 Å². The topological polar surface area (TPSA) is 72.6 Å². The molecule has 0 amide bonds. The van der Waals surface area contributed by atoms with Gasteiger partial charge >= 0.3 is 0 Å². The Morgan fingerprint density at radius 3 is 2.24 bits per heavy atom. The fourth-order valence-electron chi connectivity index (χ4n) is 2.99. The number of piperidine rings is 1. The summed E-state index contributed by atoms with van der Waals surface area (Å²) >= 11 is 0. The summed E-state index contributed by atoms with van der Waals surface area (Å²) in [5.74, 6) is 0. The summed E-state index contributed by atoms with van der Waals surface area (Å²) in [6.07, 6.45) is 1.68. The van der Waals surface area contributed by atoms with Crippen LogP contribution in [0, 0.1) is 13.8 Å². The van der Waals surface area contributed by atoms with E-state index in [4.69, 9.17) is 10.5 Å². The lowest BCUT2D eigenvalue weighted by atomic mass is 10.1. The number of hydrogen-bond donors (Lipinski definition) is 1. The van der Waals surface area contributed by atoms with Gasteiger partial charge in [0.05, 0.1) is 11.0 Å². The molecule has 0 spiro atoms. The first-order valence-corrected chi connectivity index (χ1v) is 8.78. The summed E-state index contributed by atoms with van der Waals surface area (Å²) in [5.41, 5.74) is 7.79. The zero-order valence-corrected chi connectivity index (χ0v) is 13.7. The van der Waals surface area contributed by atoms with Gasteiger partial charge in [0.2, 0.25) is 10.0 Å². The highest BCUT2D eigenvalue weighted by molar-refractivity contribution is 7.89. The highest BCUT2D eigenvalue weighted by Crippen LogP contribution is 2.28. The molecule has 118 valence electrons. The third-order valence-corrected chi connectivity index (χ3v) is 6.09. The van der Waals surface area contributed by atoms with Crippen LogP contribution in [0.3, 0.4) is 0 Å². The third kappa shape index (κ3) is 3.39. The van der Waals surface area contributed by atoms with Gasteiger partial charge in [-0.1, -0.05) is 0 Å². The lowest BCUT2D eigenvalue weighted by Gasteiger charge is -2.31. The second-order valence-electron chi connectivity index (χ2n) is 5.54. The molecule has 0 atom stereocenters. The van der Waals surface area contributed by atoms with Crippen molar-refractivity contribution in [3.05, 3.63) is 23.3 Å². The van der Waals surface area contributed by atoms with Crippen molar-refractivity contribution in [2.75, 3.05) is 25.4 Å². The lowest BCUT2D eigenvalue weighted by Crippen LogP contribution is -2.41. The quantitative estimate of drug-likeness (QED) is 0.864. The maximum atomic E-state index is 12.8. The Labute approximate surface area is 127 Å². The minimum atomic E-state index is -3.46. The predicted molar refractivity (Wildman–Crippen MR) is 83.7 cm³/mol. The highest BCUT2D eigenvalue weighted by atomic mass is 32.2. The van der Waals surface area contributed by atoms with Gasteiger partial charge in [-0.15, -0.1) is 0 Å². The van der Waals surface area contributed by atoms with Gasteiger partial charge in [-0.2, -0.15) is 4.31 Å². The Morgan fingerprint density at radius 1 is 1.24 bits per heavy atom. The van der Waals surface area contributed by atoms with Crippen LogP contribution in [0.1, 0.15) is 30.9 Å². The third-order valence-electron chi connectivity index (χ3n) is 3.88. The Hall–Kier alpha value is -1.11. The monoisotopic (exact) mass is 312 g/mol. The van der Waals surface area contributed by atoms with Crippen LogP contribution in [0.5, 0.6) is 0 Å². The van der Waals surface area contributed by atoms with Crippen LogP contribution in [0.4, 0.5) is 5.69 Å². The average Bonchev–Trinajstić information content (AvgIpc) is 2.38. The minimum Gasteiger partial charge on any atom is -0.399 e. The van der Waals surface area contributed by atoms with Gasteiger partial charge in [0.1, 0.15) is 0 Å². The van der Waals surface area contributed by atoms with Crippen molar-refractivity contribution < 1.29 is 13.2 Å². The molecule has 2 N–H and O–H groups in total. The van der Waals surface area contributed by atoms with E-state index >= 15 is 0 Å². The van der Waals surface area contributed by atoms with Gasteiger partial charge < -0.3 is 10.5 Å². The van der Waals surface area contributed by atoms with Crippen molar-refractivity contribution in [3.8, 4) is 0 Å². The van der Waals surface area contributed by atoms with Gasteiger partial charge in [0.15, 0.2) is 0 Å². The summed E-state index contributed by atoms with van der Waals surface area (Å²) in [5, 5.41) is 0. The van der Waals surface area contributed by atoms with E-state index in [0.29, 0.717) is 41.4 Å². The zero-order chi connectivity index (χ0) is 15.6. The van der Waals surface area contributed by atoms with Gasteiger partial charge in [-0.3, -0.25) is 0 Å². The fraction of sp³-hybridized carbons (Fsp3) is 0.600. The number of sulfonamides is 1. The normalized spacial score (nSPS) is 18.0. The first kappa shape index (κ1) is 16.3. The van der Waals surface area contributed by atoms with Crippen molar-refractivity contribution >= 4 is 15.7 Å². The van der Waals surface area contributed by atoms with Crippen molar-refractivity contribution in [2.24, 2.45) is 0 Å². The molecule has 0 aromatic heterocycles. The Kier molecular flexibility index (Phi) is 4.91. The summed E-state index contributed by atoms with van der Waals surface area (Å²) in [4.78, 5) is 0.395. The molecule has 5 nitrogen and oxygen atoms in total. The number of benzene rings is 1. The molecule has 6 heteroatoms. The molecule has 1 heterocycles. The van der Waals surface area contributed by atoms with Gasteiger partial charge in [-0.05, 0) is 56.9 Å². The van der Waals surface area contributed by atoms with Crippen LogP contribution in [0.2, 0.25) is 0 Å². The van der Waals surface area contributed by atoms with Crippen LogP contribution < -0.4 is 5.73 Å². The number of nitrogens with two attached hydrogens (primary N) is 1. The van der Waals surface area contributed by atoms with Crippen molar-refractivity contribution in [1.29, 1.82) is 0 Å². The Morgan fingerprint density at radius 2 is 1.76 bits per heavy atom. The number of rotatable bonds is 4. The molecule has 1 saturated heterocycles. The van der Waals surface area contributed by atoms with E-state index in [9.17, 15) is 8.42 Å². The molecule has 21 heavy (non-hydrogen) atoms. The Balaban J connectivity index is 2.24. The molecule has 0 unspecified atom stereocenters. The largest absolute Gasteiger partial charge is 0.399 e. The number of hydrogen-bond acceptors (Lipinski definition) is 4. The predicted octanol–water partition coefficient (Wildman–Crippen LogP) is 2.08. The van der Waals surface area contributed by atoms with Crippen molar-refractivity contribution in [1.82, 2.24) is 4.31 Å². The maximum absolute atomic E-state index is 12.8. The van der Waals surface area contributed by atoms with E-state index < -0.39 is 10.0 Å². The van der Waals surface area contributed by atoms with Crippen LogP contribution in [-0.2, 0) is 14.8 Å². The first-order chi connectivity index (χ1) is 9.86. The summed E-state index contributed by atoms with van der Waals surface area (Å²) < 4.78 is 32.8. The second kappa shape index (κ2) is 6.34. The molecule has 1 aliphatic rings. The Bertz CT molecular complexity index is 582. The molecule has 0 bridgehead atoms. The number of anilines is 1. The average molecular weight is 312 g/mol. The number of nitrogens with zero attached hydrogens (tertiary/aromatic N) is 1. The number of aryl methyl sites for hydroxylation is 2. The fourth-order valence-corrected chi connectivity index (χ4v) is 4.88. The first-order valence-electron chi connectivity index (χ1n) is 7.34. The zero-order valence-electron chi connectivity index (χ0n) is 12.9. The molecule has 1 aromatic rings. The van der Waals surface area contributed by atoms with E-state index in [1.165, 1.54) is 0 Å². The van der Waals surface area contributed by atoms with Crippen molar-refractivity contribution in [2.45, 2.75) is 44.6 Å². The maximum Gasteiger partial charge on any atom is 0.243 e. The van der Waals surface area contributed by atoms with E-state index in [1.807, 2.05) is 6.92 Å². The smallest absolute Gasteiger partial charge is 0.243 e. The van der Waals surface area contributed by atoms with Crippen LogP contribution in [-0.4, -0.2) is 38.5 Å². The summed E-state index contributed by atoms with van der Waals surface area (Å²) in [6, 6.07) is 3.43. The summed E-state index contributed by atoms with van der Waals surface area (Å²) in [6.45, 7) is 7.25. The molecule has 1 fully saturated rings. The molecule has 0 radical (unpaired) electrons. The van der Waals surface area contributed by atoms with Crippen LogP contribution in [0.15, 0.2) is 17.0 Å². The molecule has 0 aliphatic carbocycles. The van der Waals surface area contributed by atoms with E-state index in [-0.39, 0.29) is 6.10 Å². The highest BCUT2D eigenvalue weighted by Gasteiger charge is 2.31. The van der Waals surface area contributed by atoms with Crippen LogP contribution in [0.25, 0.3) is 0 Å². The van der Waals surface area contributed by atoms with Gasteiger partial charge in [0.25, 0.3) is 0 Å². The van der Waals surface area contributed by atoms with E-state index in [1.54, 1.807) is 30.3 Å². The van der Waals surface area contributed by atoms with E-state index in [0.717, 1.165) is 12.8 Å². The van der Waals surface area contributed by atoms with Crippen molar-refractivity contribution in [3.63, 3.8) is 0 Å². The molecular weight excluding hydrogens is 288 g/mol. The number of ether oxygens (including phenoxy) is 1. The molecular formula is C15H24N2O3S. The van der Waals surface area contributed by atoms with Crippen LogP contribution >= 0.6 is 0 Å².